The van der Waals surface area contributed by atoms with Crippen LogP contribution < -0.4 is 15.0 Å². The van der Waals surface area contributed by atoms with Crippen LogP contribution in [0.1, 0.15) is 54.4 Å². The summed E-state index contributed by atoms with van der Waals surface area (Å²) in [7, 11) is 2.04. The standard InChI is InChI=1S/C32H42ClFN8O5/c1-31(2,3)46-29(43)37-22-11-10-21(33)25(36-22)26-23(34)24-20(17-35-26)27(39-28(38-24)45-18-19-9-8-12-40(19)7)41-13-15-42(16-14-41)30(44)47-32(4,5)6/h10-11,17,19H,8-9,12-16,18H2,1-7H3,(H,36,37,43)/t19-/m0/s1. The number of likely N-dealkylation sites (tertiary alicyclic amines) is 1. The lowest BCUT2D eigenvalue weighted by Crippen LogP contribution is -2.50. The molecule has 1 atom stereocenters. The molecule has 0 saturated carbocycles. The highest BCUT2D eigenvalue weighted by molar-refractivity contribution is 6.33. The molecule has 3 aromatic heterocycles. The van der Waals surface area contributed by atoms with Gasteiger partial charge in [-0.05, 0) is 80.1 Å². The number of aromatic nitrogens is 4. The molecule has 15 heteroatoms. The number of carbonyl (C=O) groups is 2. The number of hydrogen-bond donors (Lipinski definition) is 1. The van der Waals surface area contributed by atoms with Gasteiger partial charge in [0.05, 0.1) is 10.4 Å². The van der Waals surface area contributed by atoms with Gasteiger partial charge in [0, 0.05) is 38.4 Å². The Balaban J connectivity index is 1.48. The first-order valence-electron chi connectivity index (χ1n) is 15.7. The number of nitrogens with zero attached hydrogens (tertiary/aromatic N) is 7. The minimum atomic E-state index is -0.773. The molecule has 0 unspecified atom stereocenters. The molecule has 2 saturated heterocycles. The van der Waals surface area contributed by atoms with Crippen molar-refractivity contribution < 1.29 is 28.2 Å². The third-order valence-corrected chi connectivity index (χ3v) is 7.96. The predicted octanol–water partition coefficient (Wildman–Crippen LogP) is 5.76. The highest BCUT2D eigenvalue weighted by Gasteiger charge is 2.30. The molecular formula is C32H42ClFN8O5. The van der Waals surface area contributed by atoms with Crippen LogP contribution in [0.3, 0.4) is 0 Å². The van der Waals surface area contributed by atoms with Gasteiger partial charge in [-0.1, -0.05) is 11.6 Å². The fourth-order valence-corrected chi connectivity index (χ4v) is 5.56. The Morgan fingerprint density at radius 3 is 2.32 bits per heavy atom. The monoisotopic (exact) mass is 672 g/mol. The number of piperazine rings is 1. The minimum absolute atomic E-state index is 0.0146. The number of hydrogen-bond acceptors (Lipinski definition) is 11. The number of ether oxygens (including phenoxy) is 3. The molecule has 5 rings (SSSR count). The molecule has 1 N–H and O–H groups in total. The number of rotatable bonds is 6. The molecule has 47 heavy (non-hydrogen) atoms. The maximum absolute atomic E-state index is 16.5. The summed E-state index contributed by atoms with van der Waals surface area (Å²) in [5, 5.41) is 3.04. The number of halogens is 2. The van der Waals surface area contributed by atoms with Crippen molar-refractivity contribution in [2.75, 3.05) is 56.6 Å². The normalized spacial score (nSPS) is 17.6. The summed E-state index contributed by atoms with van der Waals surface area (Å²) in [5.41, 5.74) is -1.50. The van der Waals surface area contributed by atoms with E-state index in [-0.39, 0.29) is 45.9 Å². The van der Waals surface area contributed by atoms with E-state index in [0.29, 0.717) is 44.0 Å². The average molecular weight is 673 g/mol. The maximum atomic E-state index is 16.5. The van der Waals surface area contributed by atoms with Crippen LogP contribution in [0.2, 0.25) is 5.02 Å². The van der Waals surface area contributed by atoms with E-state index in [0.717, 1.165) is 19.4 Å². The van der Waals surface area contributed by atoms with Crippen molar-refractivity contribution in [1.29, 1.82) is 0 Å². The first-order chi connectivity index (χ1) is 22.1. The number of likely N-dealkylation sites (N-methyl/N-ethyl adjacent to an activating group) is 1. The molecule has 2 amide bonds. The lowest BCUT2D eigenvalue weighted by molar-refractivity contribution is 0.0240. The van der Waals surface area contributed by atoms with Gasteiger partial charge in [-0.15, -0.1) is 0 Å². The number of fused-ring (bicyclic) bond motifs is 1. The van der Waals surface area contributed by atoms with E-state index >= 15 is 4.39 Å². The Hall–Kier alpha value is -4.04. The summed E-state index contributed by atoms with van der Waals surface area (Å²) in [6, 6.07) is 3.19. The topological polar surface area (TPSA) is 135 Å². The fraction of sp³-hybridized carbons (Fsp3) is 0.562. The van der Waals surface area contributed by atoms with E-state index in [2.05, 4.69) is 25.2 Å². The SMILES string of the molecule is CN1CCC[C@H]1COc1nc(N2CCN(C(=O)OC(C)(C)C)CC2)c2cnc(-c3nc(NC(=O)OC(C)(C)C)ccc3Cl)c(F)c2n1. The van der Waals surface area contributed by atoms with Gasteiger partial charge in [0.1, 0.15) is 46.3 Å². The quantitative estimate of drug-likeness (QED) is 0.343. The van der Waals surface area contributed by atoms with Gasteiger partial charge in [0.15, 0.2) is 5.82 Å². The highest BCUT2D eigenvalue weighted by atomic mass is 35.5. The molecule has 5 heterocycles. The van der Waals surface area contributed by atoms with E-state index in [4.69, 9.17) is 30.8 Å². The molecule has 2 aliphatic heterocycles. The summed E-state index contributed by atoms with van der Waals surface area (Å²) in [5.74, 6) is -0.230. The van der Waals surface area contributed by atoms with Crippen LogP contribution in [-0.2, 0) is 9.47 Å². The average Bonchev–Trinajstić information content (AvgIpc) is 3.40. The number of pyridine rings is 2. The zero-order valence-corrected chi connectivity index (χ0v) is 28.6. The van der Waals surface area contributed by atoms with E-state index in [9.17, 15) is 9.59 Å². The number of carbonyl (C=O) groups excluding carboxylic acids is 2. The fourth-order valence-electron chi connectivity index (χ4n) is 5.37. The lowest BCUT2D eigenvalue weighted by atomic mass is 10.1. The third-order valence-electron chi connectivity index (χ3n) is 7.65. The molecule has 3 aromatic rings. The second kappa shape index (κ2) is 13.6. The lowest BCUT2D eigenvalue weighted by Gasteiger charge is -2.36. The first kappa shape index (κ1) is 34.3. The Labute approximate surface area is 278 Å². The largest absolute Gasteiger partial charge is 0.462 e. The minimum Gasteiger partial charge on any atom is -0.462 e. The van der Waals surface area contributed by atoms with Crippen molar-refractivity contribution in [3.63, 3.8) is 0 Å². The molecule has 254 valence electrons. The molecule has 0 spiro atoms. The van der Waals surface area contributed by atoms with E-state index < -0.39 is 23.1 Å². The van der Waals surface area contributed by atoms with Crippen molar-refractivity contribution in [2.24, 2.45) is 0 Å². The number of amides is 2. The summed E-state index contributed by atoms with van der Waals surface area (Å²) >= 11 is 6.47. The second-order valence-electron chi connectivity index (χ2n) is 13.7. The second-order valence-corrected chi connectivity index (χ2v) is 14.1. The van der Waals surface area contributed by atoms with Gasteiger partial charge < -0.3 is 28.9 Å². The Morgan fingerprint density at radius 2 is 1.68 bits per heavy atom. The molecule has 2 aliphatic rings. The molecule has 2 fully saturated rings. The first-order valence-corrected chi connectivity index (χ1v) is 16.0. The molecular weight excluding hydrogens is 631 g/mol. The zero-order chi connectivity index (χ0) is 34.1. The highest BCUT2D eigenvalue weighted by Crippen LogP contribution is 2.35. The van der Waals surface area contributed by atoms with Gasteiger partial charge in [0.25, 0.3) is 0 Å². The summed E-state index contributed by atoms with van der Waals surface area (Å²) in [6.45, 7) is 13.6. The Morgan fingerprint density at radius 1 is 0.979 bits per heavy atom. The number of nitrogens with one attached hydrogen (secondary N) is 1. The van der Waals surface area contributed by atoms with Gasteiger partial charge in [-0.2, -0.15) is 9.97 Å². The van der Waals surface area contributed by atoms with Crippen molar-refractivity contribution in [3.05, 3.63) is 29.2 Å². The van der Waals surface area contributed by atoms with Crippen LogP contribution in [0.25, 0.3) is 22.3 Å². The Bertz CT molecular complexity index is 1640. The smallest absolute Gasteiger partial charge is 0.413 e. The molecule has 0 aromatic carbocycles. The van der Waals surface area contributed by atoms with Crippen molar-refractivity contribution in [3.8, 4) is 17.4 Å². The van der Waals surface area contributed by atoms with Crippen LogP contribution in [0, 0.1) is 5.82 Å². The van der Waals surface area contributed by atoms with Gasteiger partial charge >= 0.3 is 18.2 Å². The third kappa shape index (κ3) is 8.47. The van der Waals surface area contributed by atoms with E-state index in [1.54, 1.807) is 25.7 Å². The van der Waals surface area contributed by atoms with Crippen LogP contribution in [0.4, 0.5) is 25.6 Å². The van der Waals surface area contributed by atoms with Crippen LogP contribution in [0.5, 0.6) is 6.01 Å². The van der Waals surface area contributed by atoms with E-state index in [1.165, 1.54) is 18.3 Å². The summed E-state index contributed by atoms with van der Waals surface area (Å²) in [4.78, 5) is 48.8. The van der Waals surface area contributed by atoms with Crippen LogP contribution in [0.15, 0.2) is 18.3 Å². The molecule has 0 aliphatic carbocycles. The van der Waals surface area contributed by atoms with Crippen molar-refractivity contribution >= 4 is 46.3 Å². The van der Waals surface area contributed by atoms with E-state index in [1.807, 2.05) is 32.7 Å². The van der Waals surface area contributed by atoms with Gasteiger partial charge in [0.2, 0.25) is 0 Å². The molecule has 13 nitrogen and oxygen atoms in total. The van der Waals surface area contributed by atoms with Gasteiger partial charge in [-0.25, -0.2) is 19.0 Å². The van der Waals surface area contributed by atoms with Gasteiger partial charge in [-0.3, -0.25) is 10.3 Å². The summed E-state index contributed by atoms with van der Waals surface area (Å²) < 4.78 is 33.4. The number of anilines is 2. The van der Waals surface area contributed by atoms with Crippen LogP contribution >= 0.6 is 11.6 Å². The zero-order valence-electron chi connectivity index (χ0n) is 27.9. The van der Waals surface area contributed by atoms with Crippen LogP contribution in [-0.4, -0.2) is 106 Å². The summed E-state index contributed by atoms with van der Waals surface area (Å²) in [6.07, 6.45) is 2.41. The van der Waals surface area contributed by atoms with Crippen molar-refractivity contribution in [1.82, 2.24) is 29.7 Å². The molecule has 0 radical (unpaired) electrons. The predicted molar refractivity (Wildman–Crippen MR) is 177 cm³/mol. The maximum Gasteiger partial charge on any atom is 0.413 e. The van der Waals surface area contributed by atoms with Crippen molar-refractivity contribution in [2.45, 2.75) is 71.6 Å². The molecule has 0 bridgehead atoms. The Kier molecular flexibility index (Phi) is 9.92.